The van der Waals surface area contributed by atoms with Crippen molar-refractivity contribution in [3.8, 4) is 34.0 Å². The summed E-state index contributed by atoms with van der Waals surface area (Å²) in [5.74, 6) is 1.14. The van der Waals surface area contributed by atoms with Crippen molar-refractivity contribution in [2.24, 2.45) is 0 Å². The summed E-state index contributed by atoms with van der Waals surface area (Å²) < 4.78 is 10.6. The molecule has 0 unspecified atom stereocenters. The molecule has 6 nitrogen and oxygen atoms in total. The topological polar surface area (TPSA) is 73.3 Å². The second-order valence-corrected chi connectivity index (χ2v) is 8.00. The molecule has 3 aromatic carbocycles. The fourth-order valence-electron chi connectivity index (χ4n) is 3.23. The first kappa shape index (κ1) is 22.4. The molecular formula is C26H23N3O3S. The van der Waals surface area contributed by atoms with Crippen molar-refractivity contribution in [3.05, 3.63) is 84.9 Å². The van der Waals surface area contributed by atoms with Crippen LogP contribution >= 0.6 is 11.8 Å². The quantitative estimate of drug-likeness (QED) is 0.276. The van der Waals surface area contributed by atoms with E-state index in [1.807, 2.05) is 66.7 Å². The first-order valence-corrected chi connectivity index (χ1v) is 11.3. The first-order valence-electron chi connectivity index (χ1n) is 10.3. The smallest absolute Gasteiger partial charge is 0.234 e. The van der Waals surface area contributed by atoms with E-state index in [2.05, 4.69) is 5.32 Å². The number of ether oxygens (including phenoxy) is 2. The number of hydrogen-bond acceptors (Lipinski definition) is 6. The van der Waals surface area contributed by atoms with Crippen LogP contribution in [-0.2, 0) is 4.79 Å². The van der Waals surface area contributed by atoms with E-state index in [4.69, 9.17) is 19.4 Å². The number of rotatable bonds is 8. The number of benzene rings is 3. The van der Waals surface area contributed by atoms with Gasteiger partial charge < -0.3 is 14.8 Å². The minimum atomic E-state index is -0.193. The largest absolute Gasteiger partial charge is 0.497 e. The molecule has 1 N–H and O–H groups in total. The molecule has 0 aliphatic rings. The highest BCUT2D eigenvalue weighted by Gasteiger charge is 2.13. The van der Waals surface area contributed by atoms with Gasteiger partial charge in [0.1, 0.15) is 11.5 Å². The average molecular weight is 458 g/mol. The number of nitrogens with zero attached hydrogens (tertiary/aromatic N) is 2. The summed E-state index contributed by atoms with van der Waals surface area (Å²) in [6, 6.07) is 27.1. The van der Waals surface area contributed by atoms with Gasteiger partial charge in [-0.1, -0.05) is 72.4 Å². The number of nitrogens with one attached hydrogen (secondary N) is 1. The van der Waals surface area contributed by atoms with E-state index < -0.39 is 0 Å². The second kappa shape index (κ2) is 10.7. The van der Waals surface area contributed by atoms with Gasteiger partial charge in [-0.2, -0.15) is 0 Å². The summed E-state index contributed by atoms with van der Waals surface area (Å²) in [4.78, 5) is 22.1. The van der Waals surface area contributed by atoms with Crippen molar-refractivity contribution in [3.63, 3.8) is 0 Å². The van der Waals surface area contributed by atoms with Gasteiger partial charge in [-0.25, -0.2) is 9.97 Å². The van der Waals surface area contributed by atoms with Crippen molar-refractivity contribution >= 4 is 23.4 Å². The minimum Gasteiger partial charge on any atom is -0.497 e. The van der Waals surface area contributed by atoms with Gasteiger partial charge in [0.25, 0.3) is 0 Å². The predicted octanol–water partition coefficient (Wildman–Crippen LogP) is 5.56. The van der Waals surface area contributed by atoms with E-state index in [-0.39, 0.29) is 11.7 Å². The van der Waals surface area contributed by atoms with E-state index >= 15 is 0 Å². The van der Waals surface area contributed by atoms with Crippen LogP contribution in [0.25, 0.3) is 22.5 Å². The van der Waals surface area contributed by atoms with Gasteiger partial charge in [-0.15, -0.1) is 0 Å². The number of hydrogen-bond donors (Lipinski definition) is 1. The summed E-state index contributed by atoms with van der Waals surface area (Å²) in [6.45, 7) is 0. The maximum Gasteiger partial charge on any atom is 0.234 e. The number of amides is 1. The maximum absolute atomic E-state index is 12.7. The molecule has 0 aliphatic carbocycles. The summed E-state index contributed by atoms with van der Waals surface area (Å²) >= 11 is 1.28. The molecule has 0 saturated carbocycles. The Bertz CT molecular complexity index is 1180. The SMILES string of the molecule is COc1ccc(OC)c(NC(=O)CSc2nc(-c3ccccc3)cc(-c3ccccc3)n2)c1. The highest BCUT2D eigenvalue weighted by molar-refractivity contribution is 7.99. The van der Waals surface area contributed by atoms with Crippen LogP contribution in [0.4, 0.5) is 5.69 Å². The Kier molecular flexibility index (Phi) is 7.22. The molecule has 0 aliphatic heterocycles. The Morgan fingerprint density at radius 1 is 0.818 bits per heavy atom. The second-order valence-electron chi connectivity index (χ2n) is 7.06. The molecular weight excluding hydrogens is 434 g/mol. The Hall–Kier alpha value is -3.84. The zero-order valence-electron chi connectivity index (χ0n) is 18.3. The van der Waals surface area contributed by atoms with Crippen molar-refractivity contribution < 1.29 is 14.3 Å². The molecule has 0 radical (unpaired) electrons. The molecule has 0 bridgehead atoms. The van der Waals surface area contributed by atoms with Crippen molar-refractivity contribution in [2.75, 3.05) is 25.3 Å². The third kappa shape index (κ3) is 5.70. The van der Waals surface area contributed by atoms with Gasteiger partial charge in [0.2, 0.25) is 5.91 Å². The molecule has 0 saturated heterocycles. The van der Waals surface area contributed by atoms with Gasteiger partial charge in [0.05, 0.1) is 37.0 Å². The Balaban J connectivity index is 1.56. The third-order valence-corrected chi connectivity index (χ3v) is 5.71. The summed E-state index contributed by atoms with van der Waals surface area (Å²) in [7, 11) is 3.13. The molecule has 1 heterocycles. The zero-order valence-corrected chi connectivity index (χ0v) is 19.1. The predicted molar refractivity (Wildman–Crippen MR) is 132 cm³/mol. The van der Waals surface area contributed by atoms with Crippen LogP contribution in [0.5, 0.6) is 11.5 Å². The van der Waals surface area contributed by atoms with Crippen molar-refractivity contribution in [1.82, 2.24) is 9.97 Å². The summed E-state index contributed by atoms with van der Waals surface area (Å²) in [5, 5.41) is 3.41. The van der Waals surface area contributed by atoms with Crippen LogP contribution < -0.4 is 14.8 Å². The molecule has 0 fully saturated rings. The number of aromatic nitrogens is 2. The van der Waals surface area contributed by atoms with Crippen LogP contribution in [0.3, 0.4) is 0 Å². The maximum atomic E-state index is 12.7. The molecule has 0 spiro atoms. The molecule has 1 aromatic heterocycles. The highest BCUT2D eigenvalue weighted by atomic mass is 32.2. The zero-order chi connectivity index (χ0) is 23.0. The van der Waals surface area contributed by atoms with Crippen LogP contribution in [0.2, 0.25) is 0 Å². The number of anilines is 1. The summed E-state index contributed by atoms with van der Waals surface area (Å²) in [6.07, 6.45) is 0. The third-order valence-electron chi connectivity index (χ3n) is 4.86. The molecule has 1 amide bonds. The first-order chi connectivity index (χ1) is 16.2. The van der Waals surface area contributed by atoms with Crippen molar-refractivity contribution in [2.45, 2.75) is 5.16 Å². The van der Waals surface area contributed by atoms with E-state index in [0.717, 1.165) is 22.5 Å². The van der Waals surface area contributed by atoms with E-state index in [0.29, 0.717) is 22.3 Å². The molecule has 33 heavy (non-hydrogen) atoms. The van der Waals surface area contributed by atoms with Crippen LogP contribution in [0.15, 0.2) is 90.1 Å². The Labute approximate surface area is 197 Å². The lowest BCUT2D eigenvalue weighted by atomic mass is 10.1. The number of thioether (sulfide) groups is 1. The number of carbonyl (C=O) groups excluding carboxylic acids is 1. The lowest BCUT2D eigenvalue weighted by Crippen LogP contribution is -2.15. The number of carbonyl (C=O) groups is 1. The Morgan fingerprint density at radius 3 is 1.97 bits per heavy atom. The van der Waals surface area contributed by atoms with E-state index in [1.54, 1.807) is 32.4 Å². The highest BCUT2D eigenvalue weighted by Crippen LogP contribution is 2.30. The van der Waals surface area contributed by atoms with Crippen molar-refractivity contribution in [1.29, 1.82) is 0 Å². The standard InChI is InChI=1S/C26H23N3O3S/c1-31-20-13-14-24(32-2)23(15-20)27-25(30)17-33-26-28-21(18-9-5-3-6-10-18)16-22(29-26)19-11-7-4-8-12-19/h3-16H,17H2,1-2H3,(H,27,30). The normalized spacial score (nSPS) is 10.5. The van der Waals surface area contributed by atoms with Crippen LogP contribution in [-0.4, -0.2) is 35.8 Å². The van der Waals surface area contributed by atoms with Crippen LogP contribution in [0, 0.1) is 0 Å². The fourth-order valence-corrected chi connectivity index (χ4v) is 3.89. The van der Waals surface area contributed by atoms with Gasteiger partial charge >= 0.3 is 0 Å². The lowest BCUT2D eigenvalue weighted by molar-refractivity contribution is -0.113. The molecule has 7 heteroatoms. The average Bonchev–Trinajstić information content (AvgIpc) is 2.88. The number of methoxy groups -OCH3 is 2. The fraction of sp³-hybridized carbons (Fsp3) is 0.115. The summed E-state index contributed by atoms with van der Waals surface area (Å²) in [5.41, 5.74) is 4.14. The molecule has 0 atom stereocenters. The van der Waals surface area contributed by atoms with Gasteiger partial charge in [-0.05, 0) is 18.2 Å². The van der Waals surface area contributed by atoms with Gasteiger partial charge in [-0.3, -0.25) is 4.79 Å². The molecule has 166 valence electrons. The molecule has 4 rings (SSSR count). The monoisotopic (exact) mass is 457 g/mol. The lowest BCUT2D eigenvalue weighted by Gasteiger charge is -2.12. The van der Waals surface area contributed by atoms with Crippen LogP contribution in [0.1, 0.15) is 0 Å². The van der Waals surface area contributed by atoms with Gasteiger partial charge in [0.15, 0.2) is 5.16 Å². The van der Waals surface area contributed by atoms with Gasteiger partial charge in [0, 0.05) is 17.2 Å². The minimum absolute atomic E-state index is 0.146. The van der Waals surface area contributed by atoms with E-state index in [9.17, 15) is 4.79 Å². The Morgan fingerprint density at radius 2 is 1.42 bits per heavy atom. The van der Waals surface area contributed by atoms with E-state index in [1.165, 1.54) is 11.8 Å². The molecule has 4 aromatic rings.